The number of benzene rings is 1. The number of nitrogen functional groups attached to an aromatic ring is 1. The number of ketones is 1. The number of nitrogens with two attached hydrogens (primary N) is 2. The normalized spacial score (nSPS) is 19.0. The highest BCUT2D eigenvalue weighted by Crippen LogP contribution is 2.31. The first kappa shape index (κ1) is 23.9. The third kappa shape index (κ3) is 6.61. The molecule has 5 N–H and O–H groups in total. The van der Waals surface area contributed by atoms with Gasteiger partial charge in [0.1, 0.15) is 22.3 Å². The fourth-order valence-corrected chi connectivity index (χ4v) is 5.07. The van der Waals surface area contributed by atoms with E-state index in [-0.39, 0.29) is 10.7 Å². The summed E-state index contributed by atoms with van der Waals surface area (Å²) in [6.45, 7) is 0.936. The van der Waals surface area contributed by atoms with Crippen molar-refractivity contribution >= 4 is 40.0 Å². The molecule has 1 aromatic carbocycles. The van der Waals surface area contributed by atoms with Crippen LogP contribution in [0.5, 0.6) is 0 Å². The van der Waals surface area contributed by atoms with Crippen molar-refractivity contribution in [3.05, 3.63) is 40.3 Å². The number of ether oxygens (including phenoxy) is 1. The third-order valence-electron chi connectivity index (χ3n) is 5.29. The summed E-state index contributed by atoms with van der Waals surface area (Å²) >= 11 is 2.42. The van der Waals surface area contributed by atoms with E-state index in [2.05, 4.69) is 10.3 Å². The Morgan fingerprint density at radius 3 is 2.52 bits per heavy atom. The van der Waals surface area contributed by atoms with Crippen LogP contribution in [-0.4, -0.2) is 35.3 Å². The molecule has 170 valence electrons. The monoisotopic (exact) mass is 470 g/mol. The summed E-state index contributed by atoms with van der Waals surface area (Å²) in [5, 5.41) is 9.03. The number of hydrogen-bond donors (Lipinski definition) is 3. The molecule has 2 aromatic rings. The molecule has 1 aliphatic heterocycles. The molecule has 6 nitrogen and oxygen atoms in total. The van der Waals surface area contributed by atoms with E-state index in [1.165, 1.54) is 37.3 Å². The number of carbonyl (C=O) groups is 1. The predicted octanol–water partition coefficient (Wildman–Crippen LogP) is 4.75. The number of halogens is 2. The molecule has 31 heavy (non-hydrogen) atoms. The maximum Gasteiger partial charge on any atom is 0.212 e. The lowest BCUT2D eigenvalue weighted by Gasteiger charge is -2.22. The molecular weight excluding hydrogens is 442 g/mol. The number of nitrogens with one attached hydrogen (secondary N) is 1. The second-order valence-corrected chi connectivity index (χ2v) is 9.27. The van der Waals surface area contributed by atoms with E-state index >= 15 is 0 Å². The molecular formula is C21H28F2N4O2S2. The van der Waals surface area contributed by atoms with Gasteiger partial charge < -0.3 is 15.8 Å². The van der Waals surface area contributed by atoms with Crippen LogP contribution in [0.15, 0.2) is 18.2 Å². The zero-order valence-electron chi connectivity index (χ0n) is 17.2. The largest absolute Gasteiger partial charge is 0.382 e. The second kappa shape index (κ2) is 11.8. The van der Waals surface area contributed by atoms with Gasteiger partial charge in [-0.05, 0) is 37.8 Å². The van der Waals surface area contributed by atoms with Crippen molar-refractivity contribution in [2.45, 2.75) is 57.1 Å². The van der Waals surface area contributed by atoms with Crippen LogP contribution in [0, 0.1) is 11.6 Å². The Balaban J connectivity index is 0.000000287. The molecule has 1 unspecified atom stereocenters. The molecule has 0 bridgehead atoms. The highest BCUT2D eigenvalue weighted by atomic mass is 32.2. The van der Waals surface area contributed by atoms with Crippen LogP contribution in [0.3, 0.4) is 0 Å². The van der Waals surface area contributed by atoms with Gasteiger partial charge in [-0.2, -0.15) is 0 Å². The zero-order valence-corrected chi connectivity index (χ0v) is 18.9. The standard InChI is InChI=1S/C16H17F2N3OS.C5H11NOS/c17-10-7-4-8-11(18)12(10)13(22)14-15(19)21-16(23-14)20-9-5-2-1-3-6-9;6-8-4-5-2-1-3-7-5/h4,7-9H,1-3,5-6,19H2,(H,20,21);5H,1-4,6H2. The number of anilines is 2. The van der Waals surface area contributed by atoms with Crippen molar-refractivity contribution in [3.8, 4) is 0 Å². The van der Waals surface area contributed by atoms with Gasteiger partial charge >= 0.3 is 0 Å². The van der Waals surface area contributed by atoms with Crippen LogP contribution in [0.25, 0.3) is 0 Å². The van der Waals surface area contributed by atoms with Gasteiger partial charge in [0, 0.05) is 18.4 Å². The van der Waals surface area contributed by atoms with E-state index in [4.69, 9.17) is 15.6 Å². The van der Waals surface area contributed by atoms with E-state index in [9.17, 15) is 13.6 Å². The zero-order chi connectivity index (χ0) is 22.2. The van der Waals surface area contributed by atoms with Crippen molar-refractivity contribution in [1.29, 1.82) is 0 Å². The van der Waals surface area contributed by atoms with Crippen molar-refractivity contribution in [3.63, 3.8) is 0 Å². The molecule has 2 fully saturated rings. The van der Waals surface area contributed by atoms with Gasteiger partial charge in [-0.25, -0.2) is 13.8 Å². The number of nitrogens with zero attached hydrogens (tertiary/aromatic N) is 1. The fraction of sp³-hybridized carbons (Fsp3) is 0.524. The third-order valence-corrected chi connectivity index (χ3v) is 6.85. The predicted molar refractivity (Wildman–Crippen MR) is 122 cm³/mol. The minimum absolute atomic E-state index is 0.000891. The Labute approximate surface area is 189 Å². The molecule has 2 heterocycles. The summed E-state index contributed by atoms with van der Waals surface area (Å²) in [5.41, 5.74) is 5.19. The molecule has 1 aromatic heterocycles. The highest BCUT2D eigenvalue weighted by molar-refractivity contribution is 7.97. The molecule has 0 amide bonds. The minimum Gasteiger partial charge on any atom is -0.382 e. The summed E-state index contributed by atoms with van der Waals surface area (Å²) in [4.78, 5) is 16.6. The molecule has 1 aliphatic carbocycles. The second-order valence-electron chi connectivity index (χ2n) is 7.61. The molecule has 1 atom stereocenters. The van der Waals surface area contributed by atoms with Gasteiger partial charge in [0.15, 0.2) is 5.13 Å². The Kier molecular flexibility index (Phi) is 9.06. The summed E-state index contributed by atoms with van der Waals surface area (Å²) in [6.07, 6.45) is 8.50. The topological polar surface area (TPSA) is 103 Å². The van der Waals surface area contributed by atoms with Crippen molar-refractivity contribution in [2.24, 2.45) is 5.14 Å². The van der Waals surface area contributed by atoms with Crippen LogP contribution in [0.2, 0.25) is 0 Å². The average molecular weight is 471 g/mol. The van der Waals surface area contributed by atoms with E-state index in [1.807, 2.05) is 0 Å². The minimum atomic E-state index is -0.899. The number of carbonyl (C=O) groups excluding carboxylic acids is 1. The van der Waals surface area contributed by atoms with E-state index < -0.39 is 23.0 Å². The van der Waals surface area contributed by atoms with Crippen LogP contribution < -0.4 is 16.2 Å². The lowest BCUT2D eigenvalue weighted by Crippen LogP contribution is -2.22. The fourth-order valence-electron chi connectivity index (χ4n) is 3.69. The van der Waals surface area contributed by atoms with E-state index in [0.717, 1.165) is 61.5 Å². The Bertz CT molecular complexity index is 849. The van der Waals surface area contributed by atoms with Gasteiger partial charge in [-0.3, -0.25) is 9.93 Å². The first-order chi connectivity index (χ1) is 15.0. The van der Waals surface area contributed by atoms with E-state index in [1.54, 1.807) is 0 Å². The highest BCUT2D eigenvalue weighted by Gasteiger charge is 2.25. The summed E-state index contributed by atoms with van der Waals surface area (Å²) in [5.74, 6) is -1.61. The SMILES string of the molecule is NSCC1CCCO1.Nc1nc(NC2CCCCC2)sc1C(=O)c1c(F)cccc1F. The maximum absolute atomic E-state index is 13.8. The molecule has 0 radical (unpaired) electrons. The van der Waals surface area contributed by atoms with Gasteiger partial charge in [0.05, 0.1) is 11.7 Å². The number of aromatic nitrogens is 1. The van der Waals surface area contributed by atoms with Gasteiger partial charge in [0.25, 0.3) is 0 Å². The van der Waals surface area contributed by atoms with Crippen LogP contribution >= 0.6 is 23.3 Å². The van der Waals surface area contributed by atoms with Gasteiger partial charge in [-0.1, -0.05) is 48.6 Å². The van der Waals surface area contributed by atoms with Gasteiger partial charge in [0.2, 0.25) is 5.78 Å². The van der Waals surface area contributed by atoms with Crippen molar-refractivity contribution in [2.75, 3.05) is 23.4 Å². The maximum atomic E-state index is 13.8. The van der Waals surface area contributed by atoms with Crippen LogP contribution in [-0.2, 0) is 4.74 Å². The molecule has 2 aliphatic rings. The number of rotatable bonds is 6. The smallest absolute Gasteiger partial charge is 0.212 e. The summed E-state index contributed by atoms with van der Waals surface area (Å²) in [6, 6.07) is 3.62. The number of hydrogen-bond acceptors (Lipinski definition) is 8. The molecule has 4 rings (SSSR count). The van der Waals surface area contributed by atoms with Crippen molar-refractivity contribution < 1.29 is 18.3 Å². The lowest BCUT2D eigenvalue weighted by atomic mass is 9.96. The van der Waals surface area contributed by atoms with Gasteiger partial charge in [-0.15, -0.1) is 0 Å². The Morgan fingerprint density at radius 2 is 1.90 bits per heavy atom. The average Bonchev–Trinajstić information content (AvgIpc) is 3.39. The van der Waals surface area contributed by atoms with Crippen molar-refractivity contribution in [1.82, 2.24) is 4.98 Å². The Morgan fingerprint density at radius 1 is 1.19 bits per heavy atom. The number of thiazole rings is 1. The molecule has 0 spiro atoms. The van der Waals surface area contributed by atoms with E-state index in [0.29, 0.717) is 17.3 Å². The summed E-state index contributed by atoms with van der Waals surface area (Å²) in [7, 11) is 0. The lowest BCUT2D eigenvalue weighted by molar-refractivity contribution is 0.103. The Hall–Kier alpha value is -1.75. The quantitative estimate of drug-likeness (QED) is 0.413. The van der Waals surface area contributed by atoms with Crippen LogP contribution in [0.4, 0.5) is 19.7 Å². The first-order valence-electron chi connectivity index (χ1n) is 10.4. The van der Waals surface area contributed by atoms with Crippen LogP contribution in [0.1, 0.15) is 60.2 Å². The molecule has 1 saturated heterocycles. The first-order valence-corrected chi connectivity index (χ1v) is 12.3. The molecule has 1 saturated carbocycles. The summed E-state index contributed by atoms with van der Waals surface area (Å²) < 4.78 is 32.8. The molecule has 10 heteroatoms.